The van der Waals surface area contributed by atoms with Crippen LogP contribution in [-0.2, 0) is 26.0 Å². The maximum atomic E-state index is 13.6. The number of hydrogen-bond acceptors (Lipinski definition) is 6. The summed E-state index contributed by atoms with van der Waals surface area (Å²) in [5.74, 6) is -1.06. The molecular formula is C24H30N2O6S. The molecule has 0 bridgehead atoms. The van der Waals surface area contributed by atoms with Gasteiger partial charge in [-0.05, 0) is 55.5 Å². The average Bonchev–Trinajstić information content (AvgIpc) is 2.84. The van der Waals surface area contributed by atoms with E-state index in [1.807, 2.05) is 26.0 Å². The molecule has 0 atom stereocenters. The molecule has 0 aliphatic carbocycles. The van der Waals surface area contributed by atoms with Crippen molar-refractivity contribution < 1.29 is 27.5 Å². The molecule has 1 aliphatic heterocycles. The topological polar surface area (TPSA) is 102 Å². The number of anilines is 1. The van der Waals surface area contributed by atoms with E-state index in [0.717, 1.165) is 24.8 Å². The second-order valence-electron chi connectivity index (χ2n) is 7.83. The molecule has 0 radical (unpaired) electrons. The molecule has 1 amide bonds. The number of sulfonamides is 1. The maximum Gasteiger partial charge on any atom is 0.338 e. The number of rotatable bonds is 9. The molecule has 0 fully saturated rings. The van der Waals surface area contributed by atoms with Crippen LogP contribution in [0.25, 0.3) is 0 Å². The van der Waals surface area contributed by atoms with Gasteiger partial charge in [0.1, 0.15) is 10.6 Å². The fourth-order valence-corrected chi connectivity index (χ4v) is 5.57. The van der Waals surface area contributed by atoms with E-state index in [1.54, 1.807) is 12.1 Å². The summed E-state index contributed by atoms with van der Waals surface area (Å²) in [6.07, 6.45) is 3.03. The van der Waals surface area contributed by atoms with Crippen LogP contribution < -0.4 is 14.4 Å². The van der Waals surface area contributed by atoms with E-state index in [-0.39, 0.29) is 22.3 Å². The first-order chi connectivity index (χ1) is 15.8. The second kappa shape index (κ2) is 10.7. The molecule has 2 aromatic rings. The number of aryl methyl sites for hydroxylation is 1. The zero-order valence-electron chi connectivity index (χ0n) is 19.2. The Morgan fingerprint density at radius 3 is 2.55 bits per heavy atom. The van der Waals surface area contributed by atoms with Crippen molar-refractivity contribution in [1.29, 1.82) is 0 Å². The lowest BCUT2D eigenvalue weighted by Gasteiger charge is -2.30. The first-order valence-electron chi connectivity index (χ1n) is 11.1. The SMILES string of the molecule is CCC(CC)NC(=O)COC(=O)c1ccc(OC)c(S(=O)(=O)N2CCCc3ccccc32)c1. The quantitative estimate of drug-likeness (QED) is 0.560. The Balaban J connectivity index is 1.84. The van der Waals surface area contributed by atoms with Crippen molar-refractivity contribution in [3.05, 3.63) is 53.6 Å². The summed E-state index contributed by atoms with van der Waals surface area (Å²) < 4.78 is 38.9. The molecule has 0 unspecified atom stereocenters. The van der Waals surface area contributed by atoms with E-state index >= 15 is 0 Å². The van der Waals surface area contributed by atoms with Gasteiger partial charge in [-0.2, -0.15) is 0 Å². The summed E-state index contributed by atoms with van der Waals surface area (Å²) in [5, 5.41) is 2.79. The predicted octanol–water partition coefficient (Wildman–Crippen LogP) is 3.30. The number of hydrogen-bond donors (Lipinski definition) is 1. The Labute approximate surface area is 194 Å². The lowest BCUT2D eigenvalue weighted by Crippen LogP contribution is -2.37. The van der Waals surface area contributed by atoms with E-state index < -0.39 is 28.5 Å². The molecule has 1 aliphatic rings. The highest BCUT2D eigenvalue weighted by atomic mass is 32.2. The van der Waals surface area contributed by atoms with Crippen molar-refractivity contribution in [1.82, 2.24) is 5.32 Å². The van der Waals surface area contributed by atoms with Gasteiger partial charge in [0.15, 0.2) is 6.61 Å². The van der Waals surface area contributed by atoms with Crippen molar-refractivity contribution in [2.75, 3.05) is 24.6 Å². The lowest BCUT2D eigenvalue weighted by molar-refractivity contribution is -0.125. The minimum absolute atomic E-state index is 0.0151. The fraction of sp³-hybridized carbons (Fsp3) is 0.417. The zero-order valence-corrected chi connectivity index (χ0v) is 20.0. The van der Waals surface area contributed by atoms with Crippen LogP contribution >= 0.6 is 0 Å². The lowest BCUT2D eigenvalue weighted by atomic mass is 10.0. The monoisotopic (exact) mass is 474 g/mol. The van der Waals surface area contributed by atoms with E-state index in [0.29, 0.717) is 18.7 Å². The molecule has 1 heterocycles. The number of methoxy groups -OCH3 is 1. The number of fused-ring (bicyclic) bond motifs is 1. The third-order valence-corrected chi connectivity index (χ3v) is 7.55. The summed E-state index contributed by atoms with van der Waals surface area (Å²) in [5.41, 5.74) is 1.59. The summed E-state index contributed by atoms with van der Waals surface area (Å²) in [4.78, 5) is 24.5. The molecule has 9 heteroatoms. The smallest absolute Gasteiger partial charge is 0.338 e. The third-order valence-electron chi connectivity index (χ3n) is 5.72. The number of esters is 1. The van der Waals surface area contributed by atoms with Crippen LogP contribution in [0, 0.1) is 0 Å². The predicted molar refractivity (Wildman–Crippen MR) is 125 cm³/mol. The molecular weight excluding hydrogens is 444 g/mol. The van der Waals surface area contributed by atoms with Gasteiger partial charge < -0.3 is 14.8 Å². The van der Waals surface area contributed by atoms with Crippen LogP contribution in [0.15, 0.2) is 47.4 Å². The first-order valence-corrected chi connectivity index (χ1v) is 12.5. The maximum absolute atomic E-state index is 13.6. The van der Waals surface area contributed by atoms with Crippen molar-refractivity contribution in [2.45, 2.75) is 50.5 Å². The van der Waals surface area contributed by atoms with Crippen molar-refractivity contribution >= 4 is 27.6 Å². The molecule has 2 aromatic carbocycles. The molecule has 8 nitrogen and oxygen atoms in total. The third kappa shape index (κ3) is 5.47. The Morgan fingerprint density at radius 2 is 1.85 bits per heavy atom. The number of carbonyl (C=O) groups excluding carboxylic acids is 2. The molecule has 3 rings (SSSR count). The minimum atomic E-state index is -4.01. The van der Waals surface area contributed by atoms with E-state index in [4.69, 9.17) is 9.47 Å². The number of benzene rings is 2. The number of nitrogens with one attached hydrogen (secondary N) is 1. The normalized spacial score (nSPS) is 13.4. The van der Waals surface area contributed by atoms with Gasteiger partial charge >= 0.3 is 5.97 Å². The molecule has 0 aromatic heterocycles. The Bertz CT molecular complexity index is 1110. The second-order valence-corrected chi connectivity index (χ2v) is 9.66. The van der Waals surface area contributed by atoms with Crippen LogP contribution in [-0.4, -0.2) is 46.6 Å². The van der Waals surface area contributed by atoms with Gasteiger partial charge in [-0.15, -0.1) is 0 Å². The van der Waals surface area contributed by atoms with Gasteiger partial charge in [0, 0.05) is 12.6 Å². The Kier molecular flexibility index (Phi) is 7.97. The highest BCUT2D eigenvalue weighted by Gasteiger charge is 2.32. The number of amides is 1. The summed E-state index contributed by atoms with van der Waals surface area (Å²) >= 11 is 0. The van der Waals surface area contributed by atoms with Crippen molar-refractivity contribution in [3.63, 3.8) is 0 Å². The Morgan fingerprint density at radius 1 is 1.12 bits per heavy atom. The van der Waals surface area contributed by atoms with Gasteiger partial charge in [-0.25, -0.2) is 13.2 Å². The van der Waals surface area contributed by atoms with Gasteiger partial charge in [0.2, 0.25) is 0 Å². The highest BCUT2D eigenvalue weighted by molar-refractivity contribution is 7.93. The highest BCUT2D eigenvalue weighted by Crippen LogP contribution is 2.35. The van der Waals surface area contributed by atoms with Crippen LogP contribution in [0.2, 0.25) is 0 Å². The minimum Gasteiger partial charge on any atom is -0.495 e. The van der Waals surface area contributed by atoms with E-state index in [1.165, 1.54) is 29.6 Å². The largest absolute Gasteiger partial charge is 0.495 e. The van der Waals surface area contributed by atoms with Crippen LogP contribution in [0.1, 0.15) is 49.0 Å². The molecule has 0 spiro atoms. The summed E-state index contributed by atoms with van der Waals surface area (Å²) in [7, 11) is -2.63. The molecule has 178 valence electrons. The number of ether oxygens (including phenoxy) is 2. The number of para-hydroxylation sites is 1. The van der Waals surface area contributed by atoms with E-state index in [2.05, 4.69) is 5.32 Å². The summed E-state index contributed by atoms with van der Waals surface area (Å²) in [6.45, 7) is 3.80. The van der Waals surface area contributed by atoms with Crippen molar-refractivity contribution in [2.24, 2.45) is 0 Å². The average molecular weight is 475 g/mol. The first kappa shape index (κ1) is 24.6. The standard InChI is InChI=1S/C24H30N2O6S/c1-4-19(5-2)25-23(27)16-32-24(28)18-12-13-21(31-3)22(15-18)33(29,30)26-14-8-10-17-9-6-7-11-20(17)26/h6-7,9,11-13,15,19H,4-5,8,10,14,16H2,1-3H3,(H,25,27). The Hall–Kier alpha value is -3.07. The van der Waals surface area contributed by atoms with Gasteiger partial charge in [-0.1, -0.05) is 32.0 Å². The van der Waals surface area contributed by atoms with Gasteiger partial charge in [0.25, 0.3) is 15.9 Å². The van der Waals surface area contributed by atoms with Crippen LogP contribution in [0.4, 0.5) is 5.69 Å². The van der Waals surface area contributed by atoms with Gasteiger partial charge in [-0.3, -0.25) is 9.10 Å². The van der Waals surface area contributed by atoms with Crippen LogP contribution in [0.5, 0.6) is 5.75 Å². The molecule has 0 saturated heterocycles. The van der Waals surface area contributed by atoms with Crippen LogP contribution in [0.3, 0.4) is 0 Å². The molecule has 1 N–H and O–H groups in total. The number of nitrogens with zero attached hydrogens (tertiary/aromatic N) is 1. The molecule has 33 heavy (non-hydrogen) atoms. The van der Waals surface area contributed by atoms with Crippen molar-refractivity contribution in [3.8, 4) is 5.75 Å². The summed E-state index contributed by atoms with van der Waals surface area (Å²) in [6, 6.07) is 11.5. The van der Waals surface area contributed by atoms with E-state index in [9.17, 15) is 18.0 Å². The fourth-order valence-electron chi connectivity index (χ4n) is 3.85. The van der Waals surface area contributed by atoms with Gasteiger partial charge in [0.05, 0.1) is 18.4 Å². The number of carbonyl (C=O) groups is 2. The molecule has 0 saturated carbocycles. The zero-order chi connectivity index (χ0) is 24.0.